The summed E-state index contributed by atoms with van der Waals surface area (Å²) in [5.41, 5.74) is 10.1. The van der Waals surface area contributed by atoms with Crippen molar-refractivity contribution in [2.75, 3.05) is 0 Å². The quantitative estimate of drug-likeness (QED) is 0.702. The van der Waals surface area contributed by atoms with Crippen molar-refractivity contribution in [2.45, 2.75) is 51.5 Å². The highest BCUT2D eigenvalue weighted by Gasteiger charge is 2.26. The SMILES string of the molecule is CC1CCCC(=NNC(=O)CC2N=C(Cc3ccccc3)NNC2=O)C1. The van der Waals surface area contributed by atoms with Gasteiger partial charge in [0.2, 0.25) is 5.91 Å². The number of hydrogen-bond donors (Lipinski definition) is 3. The molecule has 2 atom stereocenters. The second-order valence-electron chi connectivity index (χ2n) is 6.99. The van der Waals surface area contributed by atoms with E-state index in [0.29, 0.717) is 18.2 Å². The molecule has 1 fully saturated rings. The maximum atomic E-state index is 12.2. The van der Waals surface area contributed by atoms with Crippen molar-refractivity contribution in [3.05, 3.63) is 35.9 Å². The van der Waals surface area contributed by atoms with Gasteiger partial charge in [-0.15, -0.1) is 0 Å². The van der Waals surface area contributed by atoms with Gasteiger partial charge in [-0.1, -0.05) is 37.3 Å². The van der Waals surface area contributed by atoms with Crippen molar-refractivity contribution in [1.82, 2.24) is 16.3 Å². The summed E-state index contributed by atoms with van der Waals surface area (Å²) in [6, 6.07) is 9.10. The van der Waals surface area contributed by atoms with Crippen LogP contribution in [0, 0.1) is 5.92 Å². The fourth-order valence-electron chi connectivity index (χ4n) is 3.24. The molecule has 1 aromatic rings. The van der Waals surface area contributed by atoms with E-state index >= 15 is 0 Å². The number of nitrogens with one attached hydrogen (secondary N) is 3. The highest BCUT2D eigenvalue weighted by atomic mass is 16.2. The molecule has 1 aliphatic carbocycles. The third-order valence-corrected chi connectivity index (χ3v) is 4.62. The Hall–Kier alpha value is -2.70. The van der Waals surface area contributed by atoms with Gasteiger partial charge in [0, 0.05) is 12.1 Å². The number of benzene rings is 1. The molecular weight excluding hydrogens is 330 g/mol. The molecule has 0 bridgehead atoms. The highest BCUT2D eigenvalue weighted by molar-refractivity contribution is 5.97. The molecule has 2 amide bonds. The summed E-state index contributed by atoms with van der Waals surface area (Å²) in [4.78, 5) is 28.5. The number of carbonyl (C=O) groups is 2. The molecule has 1 saturated carbocycles. The zero-order valence-corrected chi connectivity index (χ0v) is 15.0. The molecule has 7 nitrogen and oxygen atoms in total. The number of hydrazone groups is 1. The van der Waals surface area contributed by atoms with Gasteiger partial charge in [0.15, 0.2) is 0 Å². The van der Waals surface area contributed by atoms with E-state index in [2.05, 4.69) is 33.3 Å². The largest absolute Gasteiger partial charge is 0.285 e. The average Bonchev–Trinajstić information content (AvgIpc) is 2.64. The monoisotopic (exact) mass is 355 g/mol. The molecule has 0 spiro atoms. The minimum Gasteiger partial charge on any atom is -0.285 e. The topological polar surface area (TPSA) is 94.9 Å². The van der Waals surface area contributed by atoms with Crippen molar-refractivity contribution >= 4 is 23.4 Å². The molecule has 2 unspecified atom stereocenters. The van der Waals surface area contributed by atoms with Crippen molar-refractivity contribution in [1.29, 1.82) is 0 Å². The third-order valence-electron chi connectivity index (χ3n) is 4.62. The van der Waals surface area contributed by atoms with Gasteiger partial charge >= 0.3 is 0 Å². The van der Waals surface area contributed by atoms with E-state index in [1.807, 2.05) is 30.3 Å². The lowest BCUT2D eigenvalue weighted by atomic mass is 9.89. The van der Waals surface area contributed by atoms with E-state index in [0.717, 1.165) is 30.5 Å². The third kappa shape index (κ3) is 5.15. The van der Waals surface area contributed by atoms with Crippen molar-refractivity contribution in [3.8, 4) is 0 Å². The first-order chi connectivity index (χ1) is 12.6. The van der Waals surface area contributed by atoms with Crippen LogP contribution < -0.4 is 16.3 Å². The first-order valence-corrected chi connectivity index (χ1v) is 9.11. The van der Waals surface area contributed by atoms with Gasteiger partial charge in [-0.05, 0) is 37.2 Å². The Morgan fingerprint density at radius 1 is 1.31 bits per heavy atom. The second kappa shape index (κ2) is 8.60. The van der Waals surface area contributed by atoms with Crippen LogP contribution in [-0.2, 0) is 16.0 Å². The normalized spacial score (nSPS) is 24.4. The standard InChI is InChI=1S/C19H25N5O2/c1-13-6-5-9-15(10-13)21-23-18(25)12-16-19(26)24-22-17(20-16)11-14-7-3-2-4-8-14/h2-4,7-8,13,16H,5-6,9-12H2,1H3,(H,20,22)(H,23,25)(H,24,26). The molecule has 26 heavy (non-hydrogen) atoms. The number of amides is 2. The number of hydrazine groups is 1. The summed E-state index contributed by atoms with van der Waals surface area (Å²) in [6.07, 6.45) is 4.73. The number of amidine groups is 1. The summed E-state index contributed by atoms with van der Waals surface area (Å²) >= 11 is 0. The highest BCUT2D eigenvalue weighted by Crippen LogP contribution is 2.20. The van der Waals surface area contributed by atoms with Crippen LogP contribution in [0.15, 0.2) is 40.4 Å². The average molecular weight is 355 g/mol. The number of nitrogens with zero attached hydrogens (tertiary/aromatic N) is 2. The number of carbonyl (C=O) groups excluding carboxylic acids is 2. The van der Waals surface area contributed by atoms with Crippen LogP contribution in [0.25, 0.3) is 0 Å². The van der Waals surface area contributed by atoms with Gasteiger partial charge in [0.25, 0.3) is 5.91 Å². The van der Waals surface area contributed by atoms with Crippen molar-refractivity contribution < 1.29 is 9.59 Å². The molecule has 1 heterocycles. The first kappa shape index (κ1) is 18.1. The Bertz CT molecular complexity index is 714. The summed E-state index contributed by atoms with van der Waals surface area (Å²) in [5.74, 6) is 0.650. The summed E-state index contributed by atoms with van der Waals surface area (Å²) in [6.45, 7) is 2.19. The lowest BCUT2D eigenvalue weighted by Crippen LogP contribution is -2.52. The Morgan fingerprint density at radius 3 is 2.88 bits per heavy atom. The minimum atomic E-state index is -0.736. The zero-order chi connectivity index (χ0) is 18.4. The van der Waals surface area contributed by atoms with Crippen LogP contribution in [0.2, 0.25) is 0 Å². The summed E-state index contributed by atoms with van der Waals surface area (Å²) in [5, 5.41) is 4.23. The van der Waals surface area contributed by atoms with Crippen LogP contribution in [0.4, 0.5) is 0 Å². The van der Waals surface area contributed by atoms with Gasteiger partial charge in [0.05, 0.1) is 6.42 Å². The molecule has 3 rings (SSSR count). The maximum absolute atomic E-state index is 12.2. The van der Waals surface area contributed by atoms with Gasteiger partial charge in [0.1, 0.15) is 11.9 Å². The van der Waals surface area contributed by atoms with E-state index in [1.165, 1.54) is 6.42 Å². The fourth-order valence-corrected chi connectivity index (χ4v) is 3.24. The Balaban J connectivity index is 1.56. The molecule has 0 saturated heterocycles. The van der Waals surface area contributed by atoms with E-state index in [1.54, 1.807) is 0 Å². The van der Waals surface area contributed by atoms with E-state index in [-0.39, 0.29) is 18.2 Å². The molecule has 138 valence electrons. The Kier molecular flexibility index (Phi) is 5.99. The van der Waals surface area contributed by atoms with Crippen LogP contribution in [-0.4, -0.2) is 29.4 Å². The van der Waals surface area contributed by atoms with E-state index < -0.39 is 6.04 Å². The molecule has 7 heteroatoms. The maximum Gasteiger partial charge on any atom is 0.263 e. The minimum absolute atomic E-state index is 0.0157. The van der Waals surface area contributed by atoms with Crippen LogP contribution >= 0.6 is 0 Å². The number of hydrogen-bond acceptors (Lipinski definition) is 5. The fraction of sp³-hybridized carbons (Fsp3) is 0.474. The smallest absolute Gasteiger partial charge is 0.263 e. The lowest BCUT2D eigenvalue weighted by Gasteiger charge is -2.22. The molecule has 1 aliphatic heterocycles. The predicted octanol–water partition coefficient (Wildman–Crippen LogP) is 1.70. The van der Waals surface area contributed by atoms with Gasteiger partial charge in [-0.2, -0.15) is 5.10 Å². The zero-order valence-electron chi connectivity index (χ0n) is 15.0. The number of aliphatic imine (C=N–C) groups is 1. The second-order valence-corrected chi connectivity index (χ2v) is 6.99. The van der Waals surface area contributed by atoms with E-state index in [9.17, 15) is 9.59 Å². The molecule has 2 aliphatic rings. The van der Waals surface area contributed by atoms with Crippen molar-refractivity contribution in [3.63, 3.8) is 0 Å². The Morgan fingerprint density at radius 2 is 2.12 bits per heavy atom. The molecule has 0 radical (unpaired) electrons. The van der Waals surface area contributed by atoms with Crippen LogP contribution in [0.3, 0.4) is 0 Å². The van der Waals surface area contributed by atoms with Crippen LogP contribution in [0.5, 0.6) is 0 Å². The lowest BCUT2D eigenvalue weighted by molar-refractivity contribution is -0.128. The molecule has 3 N–H and O–H groups in total. The first-order valence-electron chi connectivity index (χ1n) is 9.11. The molecule has 0 aromatic heterocycles. The summed E-state index contributed by atoms with van der Waals surface area (Å²) < 4.78 is 0. The van der Waals surface area contributed by atoms with Crippen LogP contribution in [0.1, 0.15) is 44.6 Å². The molecular formula is C19H25N5O2. The Labute approximate surface area is 153 Å². The van der Waals surface area contributed by atoms with Gasteiger partial charge in [-0.3, -0.25) is 25.4 Å². The summed E-state index contributed by atoms with van der Waals surface area (Å²) in [7, 11) is 0. The molecule has 1 aromatic carbocycles. The number of rotatable bonds is 5. The van der Waals surface area contributed by atoms with Gasteiger partial charge < -0.3 is 0 Å². The predicted molar refractivity (Wildman–Crippen MR) is 100 cm³/mol. The van der Waals surface area contributed by atoms with E-state index in [4.69, 9.17) is 0 Å². The van der Waals surface area contributed by atoms with Gasteiger partial charge in [-0.25, -0.2) is 5.43 Å². The van der Waals surface area contributed by atoms with Crippen molar-refractivity contribution in [2.24, 2.45) is 16.0 Å².